The zero-order valence-corrected chi connectivity index (χ0v) is 14.2. The number of halogens is 1. The second-order valence-corrected chi connectivity index (χ2v) is 6.81. The average molecular weight is 316 g/mol. The van der Waals surface area contributed by atoms with Crippen molar-refractivity contribution >= 4 is 16.7 Å². The summed E-state index contributed by atoms with van der Waals surface area (Å²) in [4.78, 5) is 7.10. The maximum atomic E-state index is 13.9. The van der Waals surface area contributed by atoms with Crippen molar-refractivity contribution in [3.05, 3.63) is 35.1 Å². The Morgan fingerprint density at radius 2 is 1.96 bits per heavy atom. The molecule has 5 heteroatoms. The monoisotopic (exact) mass is 316 g/mol. The number of aromatic nitrogens is 1. The molecule has 1 aliphatic heterocycles. The highest BCUT2D eigenvalue weighted by Crippen LogP contribution is 2.30. The lowest BCUT2D eigenvalue weighted by molar-refractivity contribution is 0.404. The fourth-order valence-electron chi connectivity index (χ4n) is 3.45. The number of hydrogen-bond donors (Lipinski definition) is 2. The van der Waals surface area contributed by atoms with Gasteiger partial charge in [-0.05, 0) is 45.9 Å². The summed E-state index contributed by atoms with van der Waals surface area (Å²) in [6, 6.07) is 5.98. The van der Waals surface area contributed by atoms with E-state index in [1.54, 1.807) is 13.0 Å². The van der Waals surface area contributed by atoms with Gasteiger partial charge in [-0.1, -0.05) is 0 Å². The van der Waals surface area contributed by atoms with Crippen molar-refractivity contribution in [1.29, 1.82) is 0 Å². The lowest BCUT2D eigenvalue weighted by Crippen LogP contribution is -2.54. The highest BCUT2D eigenvalue weighted by atomic mass is 19.1. The van der Waals surface area contributed by atoms with E-state index in [0.29, 0.717) is 17.6 Å². The van der Waals surface area contributed by atoms with E-state index < -0.39 is 0 Å². The van der Waals surface area contributed by atoms with Gasteiger partial charge in [-0.15, -0.1) is 0 Å². The minimum atomic E-state index is -0.216. The van der Waals surface area contributed by atoms with Crippen LogP contribution in [0.5, 0.6) is 0 Å². The lowest BCUT2D eigenvalue weighted by Gasteiger charge is -2.38. The highest BCUT2D eigenvalue weighted by molar-refractivity contribution is 5.85. The number of pyridine rings is 1. The Morgan fingerprint density at radius 1 is 1.30 bits per heavy atom. The van der Waals surface area contributed by atoms with E-state index in [9.17, 15) is 4.39 Å². The number of nitrogens with two attached hydrogens (primary N) is 1. The zero-order chi connectivity index (χ0) is 16.7. The molecule has 1 aromatic heterocycles. The van der Waals surface area contributed by atoms with Crippen LogP contribution in [0, 0.1) is 12.7 Å². The average Bonchev–Trinajstić information content (AvgIpc) is 2.49. The van der Waals surface area contributed by atoms with Gasteiger partial charge in [-0.2, -0.15) is 0 Å². The van der Waals surface area contributed by atoms with E-state index in [4.69, 9.17) is 10.7 Å². The Kier molecular flexibility index (Phi) is 4.25. The van der Waals surface area contributed by atoms with Crippen LogP contribution < -0.4 is 16.0 Å². The third-order valence-corrected chi connectivity index (χ3v) is 4.53. The topological polar surface area (TPSA) is 54.2 Å². The molecule has 2 aromatic rings. The summed E-state index contributed by atoms with van der Waals surface area (Å²) in [7, 11) is 0. The van der Waals surface area contributed by atoms with E-state index in [1.807, 2.05) is 6.92 Å². The van der Waals surface area contributed by atoms with Crippen molar-refractivity contribution in [3.63, 3.8) is 0 Å². The number of nitrogens with one attached hydrogen (secondary N) is 1. The minimum absolute atomic E-state index is 0.118. The van der Waals surface area contributed by atoms with Gasteiger partial charge < -0.3 is 16.0 Å². The Morgan fingerprint density at radius 3 is 2.57 bits per heavy atom. The summed E-state index contributed by atoms with van der Waals surface area (Å²) in [5.74, 6) is 0.674. The fraction of sp³-hybridized carbons (Fsp3) is 0.500. The predicted octanol–water partition coefficient (Wildman–Crippen LogP) is 2.89. The molecule has 3 rings (SSSR count). The van der Waals surface area contributed by atoms with Crippen LogP contribution in [0.1, 0.15) is 37.9 Å². The molecule has 0 aliphatic carbocycles. The van der Waals surface area contributed by atoms with Gasteiger partial charge in [-0.3, -0.25) is 0 Å². The second-order valence-electron chi connectivity index (χ2n) is 6.81. The SMILES string of the molecule is Cc1c(F)ccc2cc([C@H](C)N)c(N3C[C@@H](C)N[C@@H](C)C3)nc12. The Balaban J connectivity index is 2.17. The molecule has 4 nitrogen and oxygen atoms in total. The predicted molar refractivity (Wildman–Crippen MR) is 93.3 cm³/mol. The molecule has 3 atom stereocenters. The maximum Gasteiger partial charge on any atom is 0.134 e. The molecule has 1 saturated heterocycles. The van der Waals surface area contributed by atoms with E-state index >= 15 is 0 Å². The Hall–Kier alpha value is -1.72. The first-order chi connectivity index (χ1) is 10.9. The van der Waals surface area contributed by atoms with Gasteiger partial charge in [0, 0.05) is 47.7 Å². The molecule has 0 bridgehead atoms. The number of nitrogens with zero attached hydrogens (tertiary/aromatic N) is 2. The van der Waals surface area contributed by atoms with E-state index in [1.165, 1.54) is 6.07 Å². The van der Waals surface area contributed by atoms with Crippen molar-refractivity contribution < 1.29 is 4.39 Å². The molecule has 0 spiro atoms. The molecular formula is C18H25FN4. The molecule has 1 aromatic carbocycles. The van der Waals surface area contributed by atoms with Crippen molar-refractivity contribution in [2.75, 3.05) is 18.0 Å². The third-order valence-electron chi connectivity index (χ3n) is 4.53. The maximum absolute atomic E-state index is 13.9. The summed E-state index contributed by atoms with van der Waals surface area (Å²) >= 11 is 0. The number of aryl methyl sites for hydroxylation is 1. The van der Waals surface area contributed by atoms with Crippen LogP contribution in [0.4, 0.5) is 10.2 Å². The van der Waals surface area contributed by atoms with Gasteiger partial charge in [0.25, 0.3) is 0 Å². The summed E-state index contributed by atoms with van der Waals surface area (Å²) in [5.41, 5.74) is 8.53. The Bertz CT molecular complexity index is 719. The van der Waals surface area contributed by atoms with Gasteiger partial charge in [0.2, 0.25) is 0 Å². The first-order valence-corrected chi connectivity index (χ1v) is 8.23. The molecule has 124 valence electrons. The minimum Gasteiger partial charge on any atom is -0.353 e. The van der Waals surface area contributed by atoms with Crippen LogP contribution in [-0.4, -0.2) is 30.2 Å². The number of anilines is 1. The number of rotatable bonds is 2. The second kappa shape index (κ2) is 6.06. The normalized spacial score (nSPS) is 23.3. The quantitative estimate of drug-likeness (QED) is 0.894. The number of fused-ring (bicyclic) bond motifs is 1. The van der Waals surface area contributed by atoms with Crippen molar-refractivity contribution in [3.8, 4) is 0 Å². The molecule has 0 amide bonds. The smallest absolute Gasteiger partial charge is 0.134 e. The van der Waals surface area contributed by atoms with Gasteiger partial charge in [0.05, 0.1) is 5.52 Å². The molecule has 3 N–H and O–H groups in total. The van der Waals surface area contributed by atoms with Crippen molar-refractivity contribution in [1.82, 2.24) is 10.3 Å². The molecule has 1 fully saturated rings. The standard InChI is InChI=1S/C18H25FN4/c1-10-8-23(9-11(2)21-10)18-15(13(4)20)7-14-5-6-16(19)12(3)17(14)22-18/h5-7,10-11,13,21H,8-9,20H2,1-4H3/t10-,11+,13-/m0/s1. The Labute approximate surface area is 136 Å². The van der Waals surface area contributed by atoms with Crippen LogP contribution >= 0.6 is 0 Å². The summed E-state index contributed by atoms with van der Waals surface area (Å²) in [6.45, 7) is 9.83. The molecular weight excluding hydrogens is 291 g/mol. The van der Waals surface area contributed by atoms with Crippen molar-refractivity contribution in [2.45, 2.75) is 45.8 Å². The number of hydrogen-bond acceptors (Lipinski definition) is 4. The van der Waals surface area contributed by atoms with Crippen LogP contribution in [0.3, 0.4) is 0 Å². The largest absolute Gasteiger partial charge is 0.353 e. The van der Waals surface area contributed by atoms with E-state index in [0.717, 1.165) is 35.4 Å². The molecule has 0 saturated carbocycles. The molecule has 23 heavy (non-hydrogen) atoms. The van der Waals surface area contributed by atoms with Crippen LogP contribution in [0.2, 0.25) is 0 Å². The number of piperazine rings is 1. The third kappa shape index (κ3) is 3.03. The van der Waals surface area contributed by atoms with Gasteiger partial charge in [0.15, 0.2) is 0 Å². The lowest BCUT2D eigenvalue weighted by atomic mass is 10.0. The first kappa shape index (κ1) is 16.1. The fourth-order valence-corrected chi connectivity index (χ4v) is 3.45. The van der Waals surface area contributed by atoms with Gasteiger partial charge >= 0.3 is 0 Å². The molecule has 2 heterocycles. The zero-order valence-electron chi connectivity index (χ0n) is 14.2. The van der Waals surface area contributed by atoms with Gasteiger partial charge in [0.1, 0.15) is 11.6 Å². The molecule has 1 aliphatic rings. The molecule has 0 unspecified atom stereocenters. The van der Waals surface area contributed by atoms with Crippen LogP contribution in [0.15, 0.2) is 18.2 Å². The van der Waals surface area contributed by atoms with Crippen LogP contribution in [0.25, 0.3) is 10.9 Å². The van der Waals surface area contributed by atoms with Crippen LogP contribution in [-0.2, 0) is 0 Å². The van der Waals surface area contributed by atoms with Gasteiger partial charge in [-0.25, -0.2) is 9.37 Å². The number of benzene rings is 1. The summed E-state index contributed by atoms with van der Waals surface area (Å²) < 4.78 is 13.9. The highest BCUT2D eigenvalue weighted by Gasteiger charge is 2.25. The molecule has 0 radical (unpaired) electrons. The van der Waals surface area contributed by atoms with Crippen molar-refractivity contribution in [2.24, 2.45) is 5.73 Å². The van der Waals surface area contributed by atoms with E-state index in [2.05, 4.69) is 30.1 Å². The first-order valence-electron chi connectivity index (χ1n) is 8.23. The van der Waals surface area contributed by atoms with E-state index in [-0.39, 0.29) is 11.9 Å². The summed E-state index contributed by atoms with van der Waals surface area (Å²) in [5, 5.41) is 4.47. The summed E-state index contributed by atoms with van der Waals surface area (Å²) in [6.07, 6.45) is 0.